The largest absolute Gasteiger partial charge is 0.326 e. The third kappa shape index (κ3) is 5.05. The van der Waals surface area contributed by atoms with Crippen LogP contribution in [0.5, 0.6) is 0 Å². The maximum atomic E-state index is 12.0. The van der Waals surface area contributed by atoms with Gasteiger partial charge in [-0.2, -0.15) is 5.10 Å². The molecule has 5 nitrogen and oxygen atoms in total. The van der Waals surface area contributed by atoms with Crippen molar-refractivity contribution < 1.29 is 9.59 Å². The minimum absolute atomic E-state index is 0.0301. The topological polar surface area (TPSA) is 70.6 Å². The van der Waals surface area contributed by atoms with Crippen LogP contribution in [0.4, 0.5) is 5.69 Å². The number of carbonyl (C=O) groups excluding carboxylic acids is 2. The van der Waals surface area contributed by atoms with Crippen LogP contribution in [-0.2, 0) is 4.79 Å². The second kappa shape index (κ2) is 8.62. The summed E-state index contributed by atoms with van der Waals surface area (Å²) in [4.78, 5) is 23.6. The molecular formula is C19H21N3O2. The van der Waals surface area contributed by atoms with Gasteiger partial charge in [-0.15, -0.1) is 0 Å². The predicted molar refractivity (Wildman–Crippen MR) is 96.2 cm³/mol. The van der Waals surface area contributed by atoms with Gasteiger partial charge in [-0.1, -0.05) is 31.2 Å². The molecule has 2 aromatic carbocycles. The molecule has 0 atom stereocenters. The van der Waals surface area contributed by atoms with Crippen molar-refractivity contribution >= 4 is 23.7 Å². The van der Waals surface area contributed by atoms with Crippen molar-refractivity contribution in [3.63, 3.8) is 0 Å². The molecule has 0 unspecified atom stereocenters. The second-order valence-electron chi connectivity index (χ2n) is 5.43. The molecule has 0 spiro atoms. The van der Waals surface area contributed by atoms with Crippen molar-refractivity contribution in [1.29, 1.82) is 0 Å². The molecule has 2 N–H and O–H groups in total. The van der Waals surface area contributed by atoms with Gasteiger partial charge in [0.1, 0.15) is 0 Å². The van der Waals surface area contributed by atoms with E-state index in [4.69, 9.17) is 0 Å². The zero-order valence-electron chi connectivity index (χ0n) is 13.9. The Bertz CT molecular complexity index is 737. The highest BCUT2D eigenvalue weighted by molar-refractivity contribution is 5.96. The Labute approximate surface area is 141 Å². The fraction of sp³-hybridized carbons (Fsp3) is 0.211. The van der Waals surface area contributed by atoms with Gasteiger partial charge in [0.15, 0.2) is 0 Å². The summed E-state index contributed by atoms with van der Waals surface area (Å²) in [5, 5.41) is 6.76. The van der Waals surface area contributed by atoms with Crippen LogP contribution in [0.2, 0.25) is 0 Å². The number of carbonyl (C=O) groups is 2. The van der Waals surface area contributed by atoms with E-state index in [9.17, 15) is 9.59 Å². The number of hydrogen-bond donors (Lipinski definition) is 2. The lowest BCUT2D eigenvalue weighted by Crippen LogP contribution is -2.17. The molecule has 0 aliphatic carbocycles. The molecule has 0 fully saturated rings. The molecule has 2 amide bonds. The Kier molecular flexibility index (Phi) is 6.25. The number of hydrazone groups is 1. The van der Waals surface area contributed by atoms with E-state index >= 15 is 0 Å². The molecule has 0 heterocycles. The highest BCUT2D eigenvalue weighted by Crippen LogP contribution is 2.10. The molecule has 0 aromatic heterocycles. The Morgan fingerprint density at radius 2 is 1.79 bits per heavy atom. The fourth-order valence-electron chi connectivity index (χ4n) is 2.11. The number of rotatable bonds is 6. The summed E-state index contributed by atoms with van der Waals surface area (Å²) in [5.41, 5.74) is 5.69. The molecule has 0 saturated carbocycles. The molecule has 24 heavy (non-hydrogen) atoms. The number of anilines is 1. The van der Waals surface area contributed by atoms with Crippen LogP contribution in [-0.4, -0.2) is 18.0 Å². The lowest BCUT2D eigenvalue weighted by molar-refractivity contribution is -0.116. The van der Waals surface area contributed by atoms with E-state index in [1.165, 1.54) is 0 Å². The van der Waals surface area contributed by atoms with Crippen LogP contribution >= 0.6 is 0 Å². The molecule has 0 saturated heterocycles. The summed E-state index contributed by atoms with van der Waals surface area (Å²) >= 11 is 0. The minimum Gasteiger partial charge on any atom is -0.326 e. The molecule has 0 radical (unpaired) electrons. The van der Waals surface area contributed by atoms with Crippen LogP contribution in [0.25, 0.3) is 0 Å². The fourth-order valence-corrected chi connectivity index (χ4v) is 2.11. The lowest BCUT2D eigenvalue weighted by Gasteiger charge is -2.05. The maximum absolute atomic E-state index is 12.0. The minimum atomic E-state index is -0.300. The predicted octanol–water partition coefficient (Wildman–Crippen LogP) is 3.50. The van der Waals surface area contributed by atoms with Gasteiger partial charge in [0.2, 0.25) is 5.91 Å². The first-order valence-electron chi connectivity index (χ1n) is 7.89. The Morgan fingerprint density at radius 1 is 1.08 bits per heavy atom. The van der Waals surface area contributed by atoms with Crippen molar-refractivity contribution in [3.05, 3.63) is 65.2 Å². The van der Waals surface area contributed by atoms with Gasteiger partial charge in [0, 0.05) is 17.7 Å². The van der Waals surface area contributed by atoms with Crippen molar-refractivity contribution in [2.45, 2.75) is 26.7 Å². The van der Waals surface area contributed by atoms with Gasteiger partial charge in [-0.25, -0.2) is 5.43 Å². The molecule has 2 aromatic rings. The van der Waals surface area contributed by atoms with E-state index in [0.29, 0.717) is 17.7 Å². The van der Waals surface area contributed by atoms with E-state index in [-0.39, 0.29) is 11.8 Å². The van der Waals surface area contributed by atoms with Crippen molar-refractivity contribution in [2.75, 3.05) is 5.32 Å². The molecule has 0 bridgehead atoms. The monoisotopic (exact) mass is 323 g/mol. The van der Waals surface area contributed by atoms with Crippen LogP contribution in [0.1, 0.15) is 41.3 Å². The Morgan fingerprint density at radius 3 is 2.46 bits per heavy atom. The number of nitrogens with one attached hydrogen (secondary N) is 2. The number of amides is 2. The summed E-state index contributed by atoms with van der Waals surface area (Å²) in [6.45, 7) is 3.93. The van der Waals surface area contributed by atoms with E-state index in [2.05, 4.69) is 15.8 Å². The van der Waals surface area contributed by atoms with E-state index in [0.717, 1.165) is 17.5 Å². The van der Waals surface area contributed by atoms with Gasteiger partial charge < -0.3 is 5.32 Å². The number of aryl methyl sites for hydroxylation is 1. The third-order valence-corrected chi connectivity index (χ3v) is 3.47. The molecular weight excluding hydrogens is 302 g/mol. The average Bonchev–Trinajstić information content (AvgIpc) is 2.57. The smallest absolute Gasteiger partial charge is 0.271 e. The van der Waals surface area contributed by atoms with Gasteiger partial charge in [0.05, 0.1) is 6.21 Å². The lowest BCUT2D eigenvalue weighted by atomic mass is 10.1. The molecule has 0 aliphatic rings. The summed E-state index contributed by atoms with van der Waals surface area (Å²) < 4.78 is 0. The van der Waals surface area contributed by atoms with E-state index in [1.807, 2.05) is 38.1 Å². The normalized spacial score (nSPS) is 10.6. The molecule has 5 heteroatoms. The summed E-state index contributed by atoms with van der Waals surface area (Å²) in [6, 6.07) is 14.5. The van der Waals surface area contributed by atoms with Crippen LogP contribution in [0.15, 0.2) is 53.6 Å². The van der Waals surface area contributed by atoms with Crippen molar-refractivity contribution in [3.8, 4) is 0 Å². The Hall–Kier alpha value is -2.95. The quantitative estimate of drug-likeness (QED) is 0.631. The van der Waals surface area contributed by atoms with Gasteiger partial charge in [0.25, 0.3) is 5.91 Å². The maximum Gasteiger partial charge on any atom is 0.271 e. The van der Waals surface area contributed by atoms with Crippen molar-refractivity contribution in [1.82, 2.24) is 5.43 Å². The van der Waals surface area contributed by atoms with Gasteiger partial charge >= 0.3 is 0 Å². The SMILES string of the molecule is CCCC(=O)Nc1ccc(C(=O)NN=Cc2ccccc2C)cc1. The first-order valence-corrected chi connectivity index (χ1v) is 7.89. The first-order chi connectivity index (χ1) is 11.6. The molecule has 124 valence electrons. The second-order valence-corrected chi connectivity index (χ2v) is 5.43. The average molecular weight is 323 g/mol. The van der Waals surface area contributed by atoms with Crippen LogP contribution < -0.4 is 10.7 Å². The Balaban J connectivity index is 1.93. The van der Waals surface area contributed by atoms with Crippen molar-refractivity contribution in [2.24, 2.45) is 5.10 Å². The highest BCUT2D eigenvalue weighted by Gasteiger charge is 2.05. The summed E-state index contributed by atoms with van der Waals surface area (Å²) in [6.07, 6.45) is 2.90. The number of hydrogen-bond acceptors (Lipinski definition) is 3. The van der Waals surface area contributed by atoms with Crippen LogP contribution in [0.3, 0.4) is 0 Å². The number of benzene rings is 2. The zero-order valence-corrected chi connectivity index (χ0v) is 13.9. The number of nitrogens with zero attached hydrogens (tertiary/aromatic N) is 1. The third-order valence-electron chi connectivity index (χ3n) is 3.47. The van der Waals surface area contributed by atoms with Gasteiger partial charge in [-0.05, 0) is 48.7 Å². The van der Waals surface area contributed by atoms with E-state index in [1.54, 1.807) is 30.5 Å². The highest BCUT2D eigenvalue weighted by atomic mass is 16.2. The summed E-state index contributed by atoms with van der Waals surface area (Å²) in [7, 11) is 0. The first kappa shape index (κ1) is 17.4. The standard InChI is InChI=1S/C19H21N3O2/c1-3-6-18(23)21-17-11-9-15(10-12-17)19(24)22-20-13-16-8-5-4-7-14(16)2/h4-5,7-13H,3,6H2,1-2H3,(H,21,23)(H,22,24). The van der Waals surface area contributed by atoms with Crippen LogP contribution in [0, 0.1) is 6.92 Å². The van der Waals surface area contributed by atoms with Gasteiger partial charge in [-0.3, -0.25) is 9.59 Å². The molecule has 0 aliphatic heterocycles. The van der Waals surface area contributed by atoms with E-state index < -0.39 is 0 Å². The molecule has 2 rings (SSSR count). The summed E-state index contributed by atoms with van der Waals surface area (Å²) in [5.74, 6) is -0.330. The zero-order chi connectivity index (χ0) is 17.4.